The lowest BCUT2D eigenvalue weighted by molar-refractivity contribution is 0.00578. The Kier molecular flexibility index (Phi) is 4.53. The van der Waals surface area contributed by atoms with Crippen molar-refractivity contribution in [1.29, 1.82) is 0 Å². The van der Waals surface area contributed by atoms with Crippen LogP contribution in [0.15, 0.2) is 18.2 Å². The molecule has 2 heterocycles. The van der Waals surface area contributed by atoms with Gasteiger partial charge in [-0.3, -0.25) is 0 Å². The third-order valence-corrected chi connectivity index (χ3v) is 5.07. The molecule has 8 heteroatoms. The van der Waals surface area contributed by atoms with Crippen LogP contribution in [-0.4, -0.2) is 48.6 Å². The van der Waals surface area contributed by atoms with Gasteiger partial charge in [-0.1, -0.05) is 6.07 Å². The van der Waals surface area contributed by atoms with Crippen molar-refractivity contribution in [3.05, 3.63) is 24.0 Å². The van der Waals surface area contributed by atoms with Crippen molar-refractivity contribution in [3.8, 4) is 5.75 Å². The average Bonchev–Trinajstić information content (AvgIpc) is 3.02. The van der Waals surface area contributed by atoms with Gasteiger partial charge in [-0.15, -0.1) is 0 Å². The van der Waals surface area contributed by atoms with Gasteiger partial charge in [0.15, 0.2) is 11.6 Å². The lowest BCUT2D eigenvalue weighted by Gasteiger charge is -2.32. The van der Waals surface area contributed by atoms with Crippen LogP contribution in [0.2, 0.25) is 0 Å². The van der Waals surface area contributed by atoms with Gasteiger partial charge < -0.3 is 18.9 Å². The zero-order chi connectivity index (χ0) is 18.4. The van der Waals surface area contributed by atoms with E-state index in [1.807, 2.05) is 27.7 Å². The highest BCUT2D eigenvalue weighted by molar-refractivity contribution is 6.62. The van der Waals surface area contributed by atoms with Gasteiger partial charge in [0.05, 0.1) is 17.7 Å². The second-order valence-electron chi connectivity index (χ2n) is 7.48. The molecule has 136 valence electrons. The molecule has 2 aliphatic heterocycles. The minimum atomic E-state index is -1.05. The largest absolute Gasteiger partial charge is 0.494 e. The molecule has 0 saturated carbocycles. The highest BCUT2D eigenvalue weighted by atomic mass is 19.1. The molecule has 2 fully saturated rings. The third-order valence-electron chi connectivity index (χ3n) is 5.07. The number of ether oxygens (including phenoxy) is 1. The van der Waals surface area contributed by atoms with E-state index in [-0.39, 0.29) is 25.3 Å². The summed E-state index contributed by atoms with van der Waals surface area (Å²) in [7, 11) is -0.699. The Hall–Kier alpha value is -1.67. The molecule has 0 radical (unpaired) electrons. The minimum Gasteiger partial charge on any atom is -0.407 e. The van der Waals surface area contributed by atoms with E-state index in [9.17, 15) is 13.6 Å². The number of likely N-dealkylation sites (tertiary alicyclic amines) is 1. The maximum absolute atomic E-state index is 14.3. The standard InChI is InChI=1S/C17H22BF2NO4/c1-16(2)17(3,4)25-18(24-16)11-5-6-14(13(20)9-11)23-15(22)21-8-7-12(19)10-21/h5-6,9,12H,7-8,10H2,1-4H3. The van der Waals surface area contributed by atoms with Crippen molar-refractivity contribution in [2.24, 2.45) is 0 Å². The summed E-state index contributed by atoms with van der Waals surface area (Å²) < 4.78 is 44.3. The van der Waals surface area contributed by atoms with Crippen molar-refractivity contribution in [2.75, 3.05) is 13.1 Å². The van der Waals surface area contributed by atoms with E-state index in [0.29, 0.717) is 5.46 Å². The third kappa shape index (κ3) is 3.50. The number of rotatable bonds is 2. The van der Waals surface area contributed by atoms with Gasteiger partial charge in [-0.05, 0) is 51.7 Å². The molecule has 2 saturated heterocycles. The number of halogens is 2. The molecule has 1 amide bonds. The Morgan fingerprint density at radius 3 is 2.44 bits per heavy atom. The van der Waals surface area contributed by atoms with Crippen molar-refractivity contribution in [1.82, 2.24) is 4.90 Å². The summed E-state index contributed by atoms with van der Waals surface area (Å²) in [5.41, 5.74) is -0.559. The van der Waals surface area contributed by atoms with Gasteiger partial charge in [-0.2, -0.15) is 0 Å². The summed E-state index contributed by atoms with van der Waals surface area (Å²) in [5.74, 6) is -0.899. The van der Waals surface area contributed by atoms with Gasteiger partial charge >= 0.3 is 13.2 Å². The fourth-order valence-corrected chi connectivity index (χ4v) is 2.77. The monoisotopic (exact) mass is 353 g/mol. The molecule has 0 spiro atoms. The van der Waals surface area contributed by atoms with Crippen LogP contribution in [-0.2, 0) is 9.31 Å². The molecular formula is C17H22BF2NO4. The van der Waals surface area contributed by atoms with Gasteiger partial charge in [0.2, 0.25) is 0 Å². The second kappa shape index (κ2) is 6.25. The number of nitrogens with zero attached hydrogens (tertiary/aromatic N) is 1. The SMILES string of the molecule is CC1(C)OB(c2ccc(OC(=O)N3CCC(F)C3)c(F)c2)OC1(C)C. The van der Waals surface area contributed by atoms with Crippen molar-refractivity contribution >= 4 is 18.7 Å². The first kappa shape index (κ1) is 18.1. The number of hydrogen-bond donors (Lipinski definition) is 0. The predicted octanol–water partition coefficient (Wildman–Crippen LogP) is 2.67. The summed E-state index contributed by atoms with van der Waals surface area (Å²) in [6.45, 7) is 7.89. The van der Waals surface area contributed by atoms with Crippen LogP contribution in [0.3, 0.4) is 0 Å². The van der Waals surface area contributed by atoms with Crippen molar-refractivity contribution in [2.45, 2.75) is 51.5 Å². The highest BCUT2D eigenvalue weighted by Crippen LogP contribution is 2.36. The first-order valence-corrected chi connectivity index (χ1v) is 8.35. The smallest absolute Gasteiger partial charge is 0.407 e. The lowest BCUT2D eigenvalue weighted by atomic mass is 9.79. The maximum atomic E-state index is 14.3. The van der Waals surface area contributed by atoms with Gasteiger partial charge in [-0.25, -0.2) is 13.6 Å². The van der Waals surface area contributed by atoms with Crippen LogP contribution >= 0.6 is 0 Å². The predicted molar refractivity (Wildman–Crippen MR) is 89.2 cm³/mol. The topological polar surface area (TPSA) is 48.0 Å². The van der Waals surface area contributed by atoms with Crippen LogP contribution in [0.4, 0.5) is 13.6 Å². The molecule has 0 aliphatic carbocycles. The number of benzene rings is 1. The molecule has 1 aromatic rings. The first-order valence-electron chi connectivity index (χ1n) is 8.35. The van der Waals surface area contributed by atoms with E-state index >= 15 is 0 Å². The molecule has 1 atom stereocenters. The Labute approximate surface area is 146 Å². The molecule has 2 aliphatic rings. The summed E-state index contributed by atoms with van der Waals surface area (Å²) >= 11 is 0. The van der Waals surface area contributed by atoms with Gasteiger partial charge in [0, 0.05) is 6.54 Å². The van der Waals surface area contributed by atoms with Crippen LogP contribution in [0.5, 0.6) is 5.75 Å². The fourth-order valence-electron chi connectivity index (χ4n) is 2.77. The van der Waals surface area contributed by atoms with Crippen molar-refractivity contribution in [3.63, 3.8) is 0 Å². The molecule has 5 nitrogen and oxygen atoms in total. The van der Waals surface area contributed by atoms with Crippen LogP contribution < -0.4 is 10.2 Å². The van der Waals surface area contributed by atoms with E-state index in [1.165, 1.54) is 17.0 Å². The lowest BCUT2D eigenvalue weighted by Crippen LogP contribution is -2.41. The Balaban J connectivity index is 1.70. The van der Waals surface area contributed by atoms with Crippen LogP contribution in [0.25, 0.3) is 0 Å². The molecule has 25 heavy (non-hydrogen) atoms. The zero-order valence-electron chi connectivity index (χ0n) is 14.8. The highest BCUT2D eigenvalue weighted by Gasteiger charge is 2.51. The summed E-state index contributed by atoms with van der Waals surface area (Å²) in [5, 5.41) is 0. The summed E-state index contributed by atoms with van der Waals surface area (Å²) in [6.07, 6.45) is -1.52. The molecule has 0 aromatic heterocycles. The summed E-state index contributed by atoms with van der Waals surface area (Å²) in [6, 6.07) is 4.18. The van der Waals surface area contributed by atoms with Crippen molar-refractivity contribution < 1.29 is 27.6 Å². The van der Waals surface area contributed by atoms with Gasteiger partial charge in [0.1, 0.15) is 6.17 Å². The fraction of sp³-hybridized carbons (Fsp3) is 0.588. The second-order valence-corrected chi connectivity index (χ2v) is 7.48. The number of alkyl halides is 1. The van der Waals surface area contributed by atoms with E-state index < -0.39 is 36.4 Å². The van der Waals surface area contributed by atoms with E-state index in [4.69, 9.17) is 14.0 Å². The normalized spacial score (nSPS) is 24.6. The van der Waals surface area contributed by atoms with Gasteiger partial charge in [0.25, 0.3) is 0 Å². The minimum absolute atomic E-state index is 0.0214. The molecule has 3 rings (SSSR count). The molecule has 0 N–H and O–H groups in total. The van der Waals surface area contributed by atoms with E-state index in [2.05, 4.69) is 0 Å². The number of hydrogen-bond acceptors (Lipinski definition) is 4. The Morgan fingerprint density at radius 2 is 1.92 bits per heavy atom. The quantitative estimate of drug-likeness (QED) is 0.767. The van der Waals surface area contributed by atoms with Crippen LogP contribution in [0.1, 0.15) is 34.1 Å². The first-order chi connectivity index (χ1) is 11.6. The maximum Gasteiger partial charge on any atom is 0.494 e. The average molecular weight is 353 g/mol. The zero-order valence-corrected chi connectivity index (χ0v) is 14.8. The molecule has 0 bridgehead atoms. The van der Waals surface area contributed by atoms with E-state index in [0.717, 1.165) is 0 Å². The molecule has 1 aromatic carbocycles. The van der Waals surface area contributed by atoms with Crippen LogP contribution in [0, 0.1) is 5.82 Å². The van der Waals surface area contributed by atoms with E-state index in [1.54, 1.807) is 6.07 Å². The Bertz CT molecular complexity index is 667. The number of amides is 1. The summed E-state index contributed by atoms with van der Waals surface area (Å²) in [4.78, 5) is 13.2. The number of carbonyl (C=O) groups excluding carboxylic acids is 1. The molecular weight excluding hydrogens is 331 g/mol. The number of carbonyl (C=O) groups is 1. The molecule has 1 unspecified atom stereocenters. The Morgan fingerprint density at radius 1 is 1.28 bits per heavy atom.